The van der Waals surface area contributed by atoms with E-state index in [2.05, 4.69) is 0 Å². The first-order valence-corrected chi connectivity index (χ1v) is 11.7. The van der Waals surface area contributed by atoms with Crippen LogP contribution in [0.5, 0.6) is 5.75 Å². The molecular weight excluding hydrogens is 444 g/mol. The van der Waals surface area contributed by atoms with Crippen LogP contribution in [0.1, 0.15) is 38.3 Å². The summed E-state index contributed by atoms with van der Waals surface area (Å²) in [6.07, 6.45) is 3.05. The lowest BCUT2D eigenvalue weighted by Crippen LogP contribution is -2.36. The lowest BCUT2D eigenvalue weighted by molar-refractivity contribution is -0.117. The molecule has 1 amide bonds. The molecule has 0 spiro atoms. The van der Waals surface area contributed by atoms with Crippen molar-refractivity contribution in [2.75, 3.05) is 25.1 Å². The maximum atomic E-state index is 13.2. The van der Waals surface area contributed by atoms with Crippen LogP contribution in [0.3, 0.4) is 0 Å². The highest BCUT2D eigenvalue weighted by Gasteiger charge is 2.34. The Labute approximate surface area is 195 Å². The highest BCUT2D eigenvalue weighted by atomic mass is 35.5. The third-order valence-corrected chi connectivity index (χ3v) is 7.44. The van der Waals surface area contributed by atoms with Crippen LogP contribution < -0.4 is 9.64 Å². The maximum Gasteiger partial charge on any atom is 0.249 e. The number of hydrogen-bond donors (Lipinski definition) is 0. The quantitative estimate of drug-likeness (QED) is 0.501. The number of Topliss-reactive ketones (excluding diaryl/α,β-unsaturated/α-hetero) is 1. The molecule has 5 rings (SSSR count). The number of fused-ring (bicyclic) bond motifs is 3. The standard InChI is InChI=1S/C25H21ClN2O3S/c1-31-18-5-2-4-16(12-18)20(29)14-28-22(30)13-27-24(15-8-10-17(26)11-9-15)23-19-6-3-7-21(19)32-25(23)28/h2,4-5,8-12H,3,6-7,13-14H2,1H3. The molecule has 1 aliphatic carbocycles. The van der Waals surface area contributed by atoms with Gasteiger partial charge in [0.25, 0.3) is 0 Å². The fourth-order valence-corrected chi connectivity index (χ4v) is 5.81. The first-order valence-electron chi connectivity index (χ1n) is 10.5. The van der Waals surface area contributed by atoms with E-state index in [9.17, 15) is 9.59 Å². The van der Waals surface area contributed by atoms with Crippen molar-refractivity contribution in [3.8, 4) is 5.75 Å². The molecule has 3 aromatic rings. The number of benzene rings is 2. The molecule has 0 saturated carbocycles. The van der Waals surface area contributed by atoms with Crippen LogP contribution in [0.2, 0.25) is 5.02 Å². The number of rotatable bonds is 5. The molecule has 32 heavy (non-hydrogen) atoms. The molecule has 2 heterocycles. The van der Waals surface area contributed by atoms with Gasteiger partial charge < -0.3 is 4.74 Å². The SMILES string of the molecule is COc1cccc(C(=O)CN2C(=O)CN=C(c3ccc(Cl)cc3)c3c2sc2c3CCC2)c1. The molecule has 1 aliphatic heterocycles. The van der Waals surface area contributed by atoms with Crippen molar-refractivity contribution in [1.82, 2.24) is 0 Å². The summed E-state index contributed by atoms with van der Waals surface area (Å²) < 4.78 is 5.25. The second-order valence-corrected chi connectivity index (χ2v) is 9.36. The van der Waals surface area contributed by atoms with Gasteiger partial charge in [0.1, 0.15) is 17.3 Å². The Morgan fingerprint density at radius 3 is 2.78 bits per heavy atom. The van der Waals surface area contributed by atoms with Crippen molar-refractivity contribution in [2.24, 2.45) is 4.99 Å². The van der Waals surface area contributed by atoms with Gasteiger partial charge in [-0.3, -0.25) is 19.5 Å². The second-order valence-electron chi connectivity index (χ2n) is 7.84. The van der Waals surface area contributed by atoms with Crippen molar-refractivity contribution in [2.45, 2.75) is 19.3 Å². The zero-order chi connectivity index (χ0) is 22.2. The van der Waals surface area contributed by atoms with Gasteiger partial charge >= 0.3 is 0 Å². The lowest BCUT2D eigenvalue weighted by atomic mass is 9.99. The predicted octanol–water partition coefficient (Wildman–Crippen LogP) is 4.97. The Morgan fingerprint density at radius 1 is 1.19 bits per heavy atom. The fourth-order valence-electron chi connectivity index (χ4n) is 4.28. The Bertz CT molecular complexity index is 1250. The number of ketones is 1. The molecule has 0 bridgehead atoms. The summed E-state index contributed by atoms with van der Waals surface area (Å²) in [5.41, 5.74) is 4.50. The van der Waals surface area contributed by atoms with E-state index < -0.39 is 0 Å². The number of aliphatic imine (C=N–C) groups is 1. The van der Waals surface area contributed by atoms with Crippen LogP contribution in [-0.2, 0) is 17.6 Å². The molecule has 1 aromatic heterocycles. The summed E-state index contributed by atoms with van der Waals surface area (Å²) in [4.78, 5) is 33.9. The van der Waals surface area contributed by atoms with E-state index in [-0.39, 0.29) is 24.8 Å². The van der Waals surface area contributed by atoms with Crippen LogP contribution in [0, 0.1) is 0 Å². The van der Waals surface area contributed by atoms with Crippen molar-refractivity contribution in [3.63, 3.8) is 0 Å². The topological polar surface area (TPSA) is 59.0 Å². The zero-order valence-electron chi connectivity index (χ0n) is 17.6. The van der Waals surface area contributed by atoms with Crippen molar-refractivity contribution in [1.29, 1.82) is 0 Å². The first-order chi connectivity index (χ1) is 15.5. The molecule has 0 fully saturated rings. The van der Waals surface area contributed by atoms with Crippen molar-refractivity contribution >= 4 is 45.3 Å². The van der Waals surface area contributed by atoms with Crippen LogP contribution in [0.15, 0.2) is 53.5 Å². The molecule has 5 nitrogen and oxygen atoms in total. The van der Waals surface area contributed by atoms with E-state index in [4.69, 9.17) is 21.3 Å². The first kappa shape index (κ1) is 20.9. The number of aryl methyl sites for hydroxylation is 1. The third kappa shape index (κ3) is 3.74. The molecule has 0 N–H and O–H groups in total. The highest BCUT2D eigenvalue weighted by molar-refractivity contribution is 7.17. The van der Waals surface area contributed by atoms with Gasteiger partial charge in [0.05, 0.1) is 19.4 Å². The Hall–Kier alpha value is -2.96. The summed E-state index contributed by atoms with van der Waals surface area (Å²) in [6.45, 7) is -0.0265. The number of amides is 1. The molecule has 0 radical (unpaired) electrons. The van der Waals surface area contributed by atoms with Gasteiger partial charge in [-0.25, -0.2) is 0 Å². The summed E-state index contributed by atoms with van der Waals surface area (Å²) in [6, 6.07) is 14.6. The zero-order valence-corrected chi connectivity index (χ0v) is 19.1. The summed E-state index contributed by atoms with van der Waals surface area (Å²) in [5.74, 6) is 0.306. The van der Waals surface area contributed by atoms with Gasteiger partial charge in [-0.1, -0.05) is 35.9 Å². The third-order valence-electron chi connectivity index (χ3n) is 5.87. The fraction of sp³-hybridized carbons (Fsp3) is 0.240. The van der Waals surface area contributed by atoms with Gasteiger partial charge in [-0.05, 0) is 49.1 Å². The lowest BCUT2D eigenvalue weighted by Gasteiger charge is -2.20. The largest absolute Gasteiger partial charge is 0.497 e. The smallest absolute Gasteiger partial charge is 0.249 e. The molecule has 2 aromatic carbocycles. The number of nitrogens with zero attached hydrogens (tertiary/aromatic N) is 2. The highest BCUT2D eigenvalue weighted by Crippen LogP contribution is 2.43. The second kappa shape index (κ2) is 8.52. The van der Waals surface area contributed by atoms with E-state index in [1.807, 2.05) is 24.3 Å². The Balaban J connectivity index is 1.56. The number of anilines is 1. The molecule has 162 valence electrons. The van der Waals surface area contributed by atoms with Crippen LogP contribution in [-0.4, -0.2) is 37.6 Å². The number of ether oxygens (including phenoxy) is 1. The van der Waals surface area contributed by atoms with Gasteiger partial charge in [-0.2, -0.15) is 0 Å². The molecule has 0 saturated heterocycles. The number of methoxy groups -OCH3 is 1. The number of hydrogen-bond acceptors (Lipinski definition) is 5. The summed E-state index contributed by atoms with van der Waals surface area (Å²) in [7, 11) is 1.57. The van der Waals surface area contributed by atoms with E-state index in [0.29, 0.717) is 16.3 Å². The number of thiophene rings is 1. The summed E-state index contributed by atoms with van der Waals surface area (Å²) >= 11 is 7.71. The summed E-state index contributed by atoms with van der Waals surface area (Å²) in [5, 5.41) is 1.47. The van der Waals surface area contributed by atoms with Crippen LogP contribution >= 0.6 is 22.9 Å². The van der Waals surface area contributed by atoms with Gasteiger partial charge in [-0.15, -0.1) is 11.3 Å². The molecular formula is C25H21ClN2O3S. The minimum Gasteiger partial charge on any atom is -0.497 e. The van der Waals surface area contributed by atoms with E-state index in [0.717, 1.165) is 41.1 Å². The maximum absolute atomic E-state index is 13.2. The Kier molecular flexibility index (Phi) is 5.57. The molecule has 2 aliphatic rings. The van der Waals surface area contributed by atoms with E-state index in [1.54, 1.807) is 47.6 Å². The van der Waals surface area contributed by atoms with E-state index >= 15 is 0 Å². The minimum absolute atomic E-state index is 0.000472. The van der Waals surface area contributed by atoms with Crippen LogP contribution in [0.25, 0.3) is 0 Å². The Morgan fingerprint density at radius 2 is 2.00 bits per heavy atom. The number of carbonyl (C=O) groups is 2. The average molecular weight is 465 g/mol. The molecule has 0 atom stereocenters. The average Bonchev–Trinajstić information content (AvgIpc) is 3.37. The molecule has 7 heteroatoms. The van der Waals surface area contributed by atoms with Crippen molar-refractivity contribution in [3.05, 3.63) is 80.7 Å². The normalized spacial score (nSPS) is 15.1. The van der Waals surface area contributed by atoms with Crippen LogP contribution in [0.4, 0.5) is 5.00 Å². The number of halogens is 1. The van der Waals surface area contributed by atoms with E-state index in [1.165, 1.54) is 10.4 Å². The number of carbonyl (C=O) groups excluding carboxylic acids is 2. The van der Waals surface area contributed by atoms with Crippen molar-refractivity contribution < 1.29 is 14.3 Å². The van der Waals surface area contributed by atoms with Gasteiger partial charge in [0, 0.05) is 26.6 Å². The molecule has 0 unspecified atom stereocenters. The van der Waals surface area contributed by atoms with Gasteiger partial charge in [0.15, 0.2) is 5.78 Å². The van der Waals surface area contributed by atoms with Gasteiger partial charge in [0.2, 0.25) is 5.91 Å². The minimum atomic E-state index is -0.175. The monoisotopic (exact) mass is 464 g/mol. The predicted molar refractivity (Wildman–Crippen MR) is 128 cm³/mol.